The minimum atomic E-state index is -3.74. The third-order valence-electron chi connectivity index (χ3n) is 2.86. The Bertz CT molecular complexity index is 890. The average Bonchev–Trinajstić information content (AvgIpc) is 2.95. The zero-order chi connectivity index (χ0) is 14.9. The summed E-state index contributed by atoms with van der Waals surface area (Å²) in [6, 6.07) is 11.6. The number of aromatic nitrogens is 2. The van der Waals surface area contributed by atoms with Crippen molar-refractivity contribution in [3.05, 3.63) is 42.5 Å². The van der Waals surface area contributed by atoms with Crippen LogP contribution in [0.15, 0.2) is 47.4 Å². The van der Waals surface area contributed by atoms with E-state index >= 15 is 0 Å². The Hall–Kier alpha value is -2.19. The molecule has 0 saturated heterocycles. The Morgan fingerprint density at radius 1 is 1.14 bits per heavy atom. The minimum Gasteiger partial charge on any atom is -0.497 e. The zero-order valence-corrected chi connectivity index (χ0v) is 12.6. The number of methoxy groups -OCH3 is 1. The number of nitrogens with zero attached hydrogens (tertiary/aromatic N) is 2. The van der Waals surface area contributed by atoms with Gasteiger partial charge in [0.15, 0.2) is 0 Å². The number of rotatable bonds is 4. The molecule has 1 aromatic heterocycles. The van der Waals surface area contributed by atoms with E-state index in [1.807, 2.05) is 0 Å². The monoisotopic (exact) mass is 321 g/mol. The number of benzene rings is 2. The molecule has 0 fully saturated rings. The molecule has 108 valence electrons. The molecule has 0 aliphatic carbocycles. The molecule has 3 rings (SSSR count). The Balaban J connectivity index is 2.02. The molecule has 0 unspecified atom stereocenters. The lowest BCUT2D eigenvalue weighted by Crippen LogP contribution is -2.13. The molecule has 6 nitrogen and oxygen atoms in total. The molecule has 0 aliphatic rings. The molecule has 0 bridgehead atoms. The van der Waals surface area contributed by atoms with Crippen LogP contribution in [-0.4, -0.2) is 24.3 Å². The molecule has 3 aromatic rings. The van der Waals surface area contributed by atoms with E-state index in [1.165, 1.54) is 13.2 Å². The highest BCUT2D eigenvalue weighted by molar-refractivity contribution is 7.93. The van der Waals surface area contributed by atoms with E-state index in [-0.39, 0.29) is 4.90 Å². The molecular weight excluding hydrogens is 310 g/mol. The van der Waals surface area contributed by atoms with Crippen LogP contribution in [0, 0.1) is 0 Å². The van der Waals surface area contributed by atoms with Crippen LogP contribution in [0.1, 0.15) is 0 Å². The van der Waals surface area contributed by atoms with Gasteiger partial charge in [0, 0.05) is 6.07 Å². The Morgan fingerprint density at radius 2 is 1.95 bits per heavy atom. The van der Waals surface area contributed by atoms with Gasteiger partial charge in [-0.2, -0.15) is 8.75 Å². The van der Waals surface area contributed by atoms with Gasteiger partial charge in [-0.3, -0.25) is 4.72 Å². The van der Waals surface area contributed by atoms with Gasteiger partial charge in [0.25, 0.3) is 10.0 Å². The zero-order valence-electron chi connectivity index (χ0n) is 11.0. The van der Waals surface area contributed by atoms with E-state index in [1.54, 1.807) is 36.4 Å². The second-order valence-electron chi connectivity index (χ2n) is 4.23. The van der Waals surface area contributed by atoms with Crippen LogP contribution < -0.4 is 9.46 Å². The van der Waals surface area contributed by atoms with Gasteiger partial charge in [-0.1, -0.05) is 12.1 Å². The molecule has 0 radical (unpaired) electrons. The summed E-state index contributed by atoms with van der Waals surface area (Å²) >= 11 is 0.983. The molecule has 0 saturated carbocycles. The number of anilines is 1. The summed E-state index contributed by atoms with van der Waals surface area (Å²) in [5.41, 5.74) is 1.36. The highest BCUT2D eigenvalue weighted by atomic mass is 32.2. The van der Waals surface area contributed by atoms with Crippen molar-refractivity contribution in [1.29, 1.82) is 0 Å². The quantitative estimate of drug-likeness (QED) is 0.798. The van der Waals surface area contributed by atoms with Crippen molar-refractivity contribution in [3.8, 4) is 5.75 Å². The summed E-state index contributed by atoms with van der Waals surface area (Å²) in [4.78, 5) is 0.108. The molecule has 8 heteroatoms. The summed E-state index contributed by atoms with van der Waals surface area (Å²) in [5, 5.41) is 0. The maximum absolute atomic E-state index is 12.5. The maximum Gasteiger partial charge on any atom is 0.264 e. The number of fused-ring (bicyclic) bond motifs is 1. The molecule has 1 N–H and O–H groups in total. The molecule has 0 aliphatic heterocycles. The molecule has 1 heterocycles. The van der Waals surface area contributed by atoms with Gasteiger partial charge in [-0.15, -0.1) is 0 Å². The fourth-order valence-corrected chi connectivity index (χ4v) is 3.71. The molecule has 0 amide bonds. The van der Waals surface area contributed by atoms with Crippen molar-refractivity contribution >= 4 is 38.5 Å². The summed E-state index contributed by atoms with van der Waals surface area (Å²) < 4.78 is 40.7. The lowest BCUT2D eigenvalue weighted by atomic mass is 10.3. The number of hydrogen-bond acceptors (Lipinski definition) is 6. The van der Waals surface area contributed by atoms with Crippen molar-refractivity contribution in [3.63, 3.8) is 0 Å². The van der Waals surface area contributed by atoms with Gasteiger partial charge < -0.3 is 4.74 Å². The van der Waals surface area contributed by atoms with E-state index in [0.29, 0.717) is 22.5 Å². The lowest BCUT2D eigenvalue weighted by Gasteiger charge is -2.09. The second-order valence-corrected chi connectivity index (χ2v) is 6.40. The highest BCUT2D eigenvalue weighted by Crippen LogP contribution is 2.25. The normalized spacial score (nSPS) is 11.5. The fourth-order valence-electron chi connectivity index (χ4n) is 1.89. The first-order valence-corrected chi connectivity index (χ1v) is 8.20. The van der Waals surface area contributed by atoms with Crippen LogP contribution in [0.25, 0.3) is 11.0 Å². The van der Waals surface area contributed by atoms with Crippen LogP contribution in [0.4, 0.5) is 5.69 Å². The van der Waals surface area contributed by atoms with Crippen molar-refractivity contribution in [1.82, 2.24) is 8.75 Å². The first kappa shape index (κ1) is 13.8. The maximum atomic E-state index is 12.5. The Labute approximate surface area is 125 Å². The van der Waals surface area contributed by atoms with E-state index in [9.17, 15) is 8.42 Å². The van der Waals surface area contributed by atoms with Crippen molar-refractivity contribution in [2.24, 2.45) is 0 Å². The number of hydrogen-bond donors (Lipinski definition) is 1. The van der Waals surface area contributed by atoms with Gasteiger partial charge >= 0.3 is 0 Å². The number of sulfonamides is 1. The third kappa shape index (κ3) is 2.67. The van der Waals surface area contributed by atoms with Crippen LogP contribution in [0.2, 0.25) is 0 Å². The Morgan fingerprint density at radius 3 is 2.76 bits per heavy atom. The smallest absolute Gasteiger partial charge is 0.264 e. The third-order valence-corrected chi connectivity index (χ3v) is 4.82. The largest absolute Gasteiger partial charge is 0.497 e. The van der Waals surface area contributed by atoms with Crippen molar-refractivity contribution < 1.29 is 13.2 Å². The van der Waals surface area contributed by atoms with Crippen LogP contribution in [-0.2, 0) is 10.0 Å². The SMILES string of the molecule is COc1cccc(NS(=O)(=O)c2cccc3nsnc23)c1. The first-order valence-electron chi connectivity index (χ1n) is 5.98. The van der Waals surface area contributed by atoms with Crippen LogP contribution >= 0.6 is 11.7 Å². The number of ether oxygens (including phenoxy) is 1. The fraction of sp³-hybridized carbons (Fsp3) is 0.0769. The average molecular weight is 321 g/mol. The lowest BCUT2D eigenvalue weighted by molar-refractivity contribution is 0.415. The molecular formula is C13H11N3O3S2. The van der Waals surface area contributed by atoms with E-state index in [4.69, 9.17) is 4.74 Å². The van der Waals surface area contributed by atoms with Gasteiger partial charge in [-0.25, -0.2) is 8.42 Å². The first-order chi connectivity index (χ1) is 10.1. The summed E-state index contributed by atoms with van der Waals surface area (Å²) in [6.07, 6.45) is 0. The topological polar surface area (TPSA) is 81.2 Å². The van der Waals surface area contributed by atoms with Crippen LogP contribution in [0.5, 0.6) is 5.75 Å². The molecule has 0 atom stereocenters. The number of nitrogens with one attached hydrogen (secondary N) is 1. The van der Waals surface area contributed by atoms with E-state index < -0.39 is 10.0 Å². The van der Waals surface area contributed by atoms with E-state index in [2.05, 4.69) is 13.5 Å². The minimum absolute atomic E-state index is 0.108. The highest BCUT2D eigenvalue weighted by Gasteiger charge is 2.19. The van der Waals surface area contributed by atoms with E-state index in [0.717, 1.165) is 11.7 Å². The Kier molecular flexibility index (Phi) is 3.48. The van der Waals surface area contributed by atoms with Gasteiger partial charge in [0.1, 0.15) is 21.7 Å². The summed E-state index contributed by atoms with van der Waals surface area (Å²) in [6.45, 7) is 0. The molecule has 21 heavy (non-hydrogen) atoms. The predicted octanol–water partition coefficient (Wildman–Crippen LogP) is 2.50. The van der Waals surface area contributed by atoms with Gasteiger partial charge in [0.2, 0.25) is 0 Å². The van der Waals surface area contributed by atoms with Gasteiger partial charge in [-0.05, 0) is 24.3 Å². The second kappa shape index (κ2) is 5.30. The van der Waals surface area contributed by atoms with Gasteiger partial charge in [0.05, 0.1) is 24.5 Å². The van der Waals surface area contributed by atoms with Crippen LogP contribution in [0.3, 0.4) is 0 Å². The van der Waals surface area contributed by atoms with Crippen molar-refractivity contribution in [2.45, 2.75) is 4.90 Å². The standard InChI is InChI=1S/C13H11N3O3S2/c1-19-10-5-2-4-9(8-10)16-21(17,18)12-7-3-6-11-13(12)15-20-14-11/h2-8,16H,1H3. The summed E-state index contributed by atoms with van der Waals surface area (Å²) in [5.74, 6) is 0.573. The summed E-state index contributed by atoms with van der Waals surface area (Å²) in [7, 11) is -2.21. The predicted molar refractivity (Wildman–Crippen MR) is 81.2 cm³/mol. The molecule has 0 spiro atoms. The van der Waals surface area contributed by atoms with Crippen molar-refractivity contribution in [2.75, 3.05) is 11.8 Å². The molecule has 2 aromatic carbocycles.